The van der Waals surface area contributed by atoms with Gasteiger partial charge in [-0.1, -0.05) is 17.7 Å². The van der Waals surface area contributed by atoms with Crippen LogP contribution in [0.5, 0.6) is 0 Å². The van der Waals surface area contributed by atoms with Crippen LogP contribution in [0, 0.1) is 20.8 Å². The molecule has 0 bridgehead atoms. The van der Waals surface area contributed by atoms with Crippen molar-refractivity contribution >= 4 is 21.5 Å². The molecule has 2 aromatic rings. The Balaban J connectivity index is 1.99. The summed E-state index contributed by atoms with van der Waals surface area (Å²) in [6, 6.07) is 5.61. The minimum Gasteiger partial charge on any atom is -0.376 e. The molecule has 0 fully saturated rings. The third-order valence-electron chi connectivity index (χ3n) is 3.75. The molecule has 0 spiro atoms. The van der Waals surface area contributed by atoms with Crippen LogP contribution >= 0.6 is 0 Å². The van der Waals surface area contributed by atoms with Crippen molar-refractivity contribution in [2.24, 2.45) is 0 Å². The van der Waals surface area contributed by atoms with Gasteiger partial charge in [0.1, 0.15) is 0 Å². The first-order valence-electron chi connectivity index (χ1n) is 8.02. The van der Waals surface area contributed by atoms with E-state index in [4.69, 9.17) is 0 Å². The van der Waals surface area contributed by atoms with Crippen LogP contribution in [-0.4, -0.2) is 45.8 Å². The second-order valence-corrected chi connectivity index (χ2v) is 7.95. The second-order valence-electron chi connectivity index (χ2n) is 6.25. The SMILES string of the molecule is Cc1cc(C)c(S(=O)(=O)NCCNc2cc(N(C)C)cnn2)c(C)c1. The van der Waals surface area contributed by atoms with E-state index in [1.165, 1.54) is 0 Å². The molecule has 136 valence electrons. The van der Waals surface area contributed by atoms with Gasteiger partial charge >= 0.3 is 0 Å². The summed E-state index contributed by atoms with van der Waals surface area (Å²) in [7, 11) is 0.287. The topological polar surface area (TPSA) is 87.2 Å². The van der Waals surface area contributed by atoms with Gasteiger partial charge in [-0.2, -0.15) is 5.10 Å². The highest BCUT2D eigenvalue weighted by atomic mass is 32.2. The lowest BCUT2D eigenvalue weighted by Gasteiger charge is -2.14. The Kier molecular flexibility index (Phi) is 5.97. The van der Waals surface area contributed by atoms with Crippen molar-refractivity contribution in [1.29, 1.82) is 0 Å². The molecule has 7 nitrogen and oxygen atoms in total. The van der Waals surface area contributed by atoms with Gasteiger partial charge in [0.05, 0.1) is 16.8 Å². The Morgan fingerprint density at radius 2 is 1.68 bits per heavy atom. The number of sulfonamides is 1. The first-order valence-corrected chi connectivity index (χ1v) is 9.50. The minimum atomic E-state index is -3.55. The van der Waals surface area contributed by atoms with E-state index in [-0.39, 0.29) is 6.54 Å². The number of rotatable bonds is 7. The molecule has 2 N–H and O–H groups in total. The molecule has 0 saturated heterocycles. The highest BCUT2D eigenvalue weighted by molar-refractivity contribution is 7.89. The summed E-state index contributed by atoms with van der Waals surface area (Å²) >= 11 is 0. The quantitative estimate of drug-likeness (QED) is 0.730. The predicted molar refractivity (Wildman–Crippen MR) is 101 cm³/mol. The lowest BCUT2D eigenvalue weighted by Crippen LogP contribution is -2.30. The molecule has 8 heteroatoms. The zero-order valence-corrected chi connectivity index (χ0v) is 16.1. The summed E-state index contributed by atoms with van der Waals surface area (Å²) in [5, 5.41) is 11.0. The molecule has 1 heterocycles. The Bertz CT molecular complexity index is 827. The molecule has 0 amide bonds. The average Bonchev–Trinajstić information content (AvgIpc) is 2.50. The van der Waals surface area contributed by atoms with Crippen molar-refractivity contribution in [2.45, 2.75) is 25.7 Å². The zero-order valence-electron chi connectivity index (χ0n) is 15.3. The maximum Gasteiger partial charge on any atom is 0.241 e. The monoisotopic (exact) mass is 363 g/mol. The van der Waals surface area contributed by atoms with Gasteiger partial charge in [-0.15, -0.1) is 5.10 Å². The van der Waals surface area contributed by atoms with Crippen LogP contribution in [0.15, 0.2) is 29.3 Å². The van der Waals surface area contributed by atoms with Crippen LogP contribution in [0.2, 0.25) is 0 Å². The molecular weight excluding hydrogens is 338 g/mol. The van der Waals surface area contributed by atoms with Crippen molar-refractivity contribution in [3.8, 4) is 0 Å². The van der Waals surface area contributed by atoms with Gasteiger partial charge in [0.2, 0.25) is 10.0 Å². The molecule has 0 aliphatic rings. The van der Waals surface area contributed by atoms with Crippen LogP contribution in [0.3, 0.4) is 0 Å². The van der Waals surface area contributed by atoms with Gasteiger partial charge in [-0.05, 0) is 31.9 Å². The van der Waals surface area contributed by atoms with Gasteiger partial charge in [0.15, 0.2) is 5.82 Å². The van der Waals surface area contributed by atoms with Gasteiger partial charge in [0.25, 0.3) is 0 Å². The van der Waals surface area contributed by atoms with E-state index in [1.54, 1.807) is 6.20 Å². The summed E-state index contributed by atoms with van der Waals surface area (Å²) < 4.78 is 27.8. The van der Waals surface area contributed by atoms with Crippen LogP contribution in [0.25, 0.3) is 0 Å². The fourth-order valence-electron chi connectivity index (χ4n) is 2.73. The first kappa shape index (κ1) is 19.1. The number of hydrogen-bond acceptors (Lipinski definition) is 6. The Labute approximate surface area is 149 Å². The number of benzene rings is 1. The normalized spacial score (nSPS) is 11.4. The van der Waals surface area contributed by atoms with E-state index in [9.17, 15) is 8.42 Å². The van der Waals surface area contributed by atoms with E-state index in [2.05, 4.69) is 20.2 Å². The molecule has 1 aromatic heterocycles. The lowest BCUT2D eigenvalue weighted by atomic mass is 10.1. The highest BCUT2D eigenvalue weighted by Gasteiger charge is 2.19. The standard InChI is InChI=1S/C17H25N5O2S/c1-12-8-13(2)17(14(3)9-12)25(23,24)20-7-6-18-16-10-15(22(4)5)11-19-21-16/h8-11,20H,6-7H2,1-5H3,(H,18,21). The number of aryl methyl sites for hydroxylation is 3. The Morgan fingerprint density at radius 1 is 1.04 bits per heavy atom. The molecule has 0 radical (unpaired) electrons. The van der Waals surface area contributed by atoms with Crippen molar-refractivity contribution in [1.82, 2.24) is 14.9 Å². The number of nitrogens with zero attached hydrogens (tertiary/aromatic N) is 3. The molecule has 0 atom stereocenters. The van der Waals surface area contributed by atoms with E-state index >= 15 is 0 Å². The Morgan fingerprint density at radius 3 is 2.28 bits per heavy atom. The van der Waals surface area contributed by atoms with Crippen molar-refractivity contribution in [3.63, 3.8) is 0 Å². The minimum absolute atomic E-state index is 0.253. The maximum atomic E-state index is 12.6. The third-order valence-corrected chi connectivity index (χ3v) is 5.52. The molecule has 1 aromatic carbocycles. The van der Waals surface area contributed by atoms with Gasteiger partial charge in [-0.3, -0.25) is 0 Å². The predicted octanol–water partition coefficient (Wildman–Crippen LogP) is 1.86. The van der Waals surface area contributed by atoms with Crippen molar-refractivity contribution in [3.05, 3.63) is 41.1 Å². The van der Waals surface area contributed by atoms with Gasteiger partial charge < -0.3 is 10.2 Å². The average molecular weight is 363 g/mol. The van der Waals surface area contributed by atoms with Crippen molar-refractivity contribution in [2.75, 3.05) is 37.4 Å². The molecule has 0 saturated carbocycles. The Hall–Kier alpha value is -2.19. The zero-order chi connectivity index (χ0) is 18.6. The maximum absolute atomic E-state index is 12.6. The van der Waals surface area contributed by atoms with Gasteiger partial charge in [-0.25, -0.2) is 13.1 Å². The summed E-state index contributed by atoms with van der Waals surface area (Å²) in [5.41, 5.74) is 3.48. The van der Waals surface area contributed by atoms with E-state index in [0.29, 0.717) is 17.3 Å². The van der Waals surface area contributed by atoms with Crippen LogP contribution in [0.1, 0.15) is 16.7 Å². The fraction of sp³-hybridized carbons (Fsp3) is 0.412. The number of anilines is 2. The second kappa shape index (κ2) is 7.79. The molecule has 2 rings (SSSR count). The molecule has 0 aliphatic carbocycles. The van der Waals surface area contributed by atoms with Crippen LogP contribution in [-0.2, 0) is 10.0 Å². The summed E-state index contributed by atoms with van der Waals surface area (Å²) in [5.74, 6) is 0.605. The number of hydrogen-bond donors (Lipinski definition) is 2. The summed E-state index contributed by atoms with van der Waals surface area (Å²) in [6.07, 6.45) is 1.66. The van der Waals surface area contributed by atoms with Gasteiger partial charge in [0, 0.05) is 33.3 Å². The molecule has 0 unspecified atom stereocenters. The number of aromatic nitrogens is 2. The van der Waals surface area contributed by atoms with E-state index in [0.717, 1.165) is 22.4 Å². The van der Waals surface area contributed by atoms with Crippen molar-refractivity contribution < 1.29 is 8.42 Å². The van der Waals surface area contributed by atoms with Crippen LogP contribution in [0.4, 0.5) is 11.5 Å². The third kappa shape index (κ3) is 4.90. The lowest BCUT2D eigenvalue weighted by molar-refractivity contribution is 0.581. The summed E-state index contributed by atoms with van der Waals surface area (Å²) in [4.78, 5) is 2.28. The summed E-state index contributed by atoms with van der Waals surface area (Å²) in [6.45, 7) is 6.25. The molecular formula is C17H25N5O2S. The number of nitrogens with one attached hydrogen (secondary N) is 2. The van der Waals surface area contributed by atoms with E-state index < -0.39 is 10.0 Å². The first-order chi connectivity index (χ1) is 11.7. The molecule has 25 heavy (non-hydrogen) atoms. The van der Waals surface area contributed by atoms with Crippen LogP contribution < -0.4 is 14.9 Å². The van der Waals surface area contributed by atoms with E-state index in [1.807, 2.05) is 58.0 Å². The highest BCUT2D eigenvalue weighted by Crippen LogP contribution is 2.21. The fourth-order valence-corrected chi connectivity index (χ4v) is 4.21. The smallest absolute Gasteiger partial charge is 0.241 e. The molecule has 0 aliphatic heterocycles. The largest absolute Gasteiger partial charge is 0.376 e.